The number of amides is 1. The third-order valence-electron chi connectivity index (χ3n) is 3.97. The number of nitrogens with zero attached hydrogens (tertiary/aromatic N) is 2. The highest BCUT2D eigenvalue weighted by molar-refractivity contribution is 7.18. The number of rotatable bonds is 7. The SMILES string of the molecule is CCOC(=O)c1sc(NC(=O)Cn2nc(C(F)(F)F)cc2C)c(C(=O)OC(C)C)c1C. The van der Waals surface area contributed by atoms with Crippen molar-refractivity contribution in [2.24, 2.45) is 0 Å². The molecule has 0 spiro atoms. The van der Waals surface area contributed by atoms with Crippen molar-refractivity contribution in [1.29, 1.82) is 0 Å². The Morgan fingerprint density at radius 3 is 2.39 bits per heavy atom. The lowest BCUT2D eigenvalue weighted by Gasteiger charge is -2.11. The lowest BCUT2D eigenvalue weighted by Crippen LogP contribution is -2.22. The van der Waals surface area contributed by atoms with Crippen molar-refractivity contribution in [2.75, 3.05) is 11.9 Å². The van der Waals surface area contributed by atoms with Gasteiger partial charge in [-0.1, -0.05) is 0 Å². The number of anilines is 1. The molecular formula is C19H22F3N3O5S. The maximum atomic E-state index is 12.8. The molecule has 2 aromatic heterocycles. The number of hydrogen-bond acceptors (Lipinski definition) is 7. The quantitative estimate of drug-likeness (QED) is 0.627. The van der Waals surface area contributed by atoms with E-state index in [1.54, 1.807) is 20.8 Å². The zero-order valence-corrected chi connectivity index (χ0v) is 18.4. The summed E-state index contributed by atoms with van der Waals surface area (Å²) in [4.78, 5) is 37.3. The number of hydrogen-bond donors (Lipinski definition) is 1. The number of nitrogens with one attached hydrogen (secondary N) is 1. The molecule has 0 aliphatic heterocycles. The first kappa shape index (κ1) is 24.4. The van der Waals surface area contributed by atoms with Gasteiger partial charge in [0.25, 0.3) is 0 Å². The van der Waals surface area contributed by atoms with Gasteiger partial charge in [-0.3, -0.25) is 9.48 Å². The minimum Gasteiger partial charge on any atom is -0.462 e. The molecule has 0 saturated carbocycles. The van der Waals surface area contributed by atoms with Gasteiger partial charge in [0.15, 0.2) is 5.69 Å². The number of esters is 2. The summed E-state index contributed by atoms with van der Waals surface area (Å²) in [6.07, 6.45) is -5.09. The fourth-order valence-corrected chi connectivity index (χ4v) is 3.73. The van der Waals surface area contributed by atoms with E-state index in [1.807, 2.05) is 0 Å². The predicted molar refractivity (Wildman–Crippen MR) is 106 cm³/mol. The third kappa shape index (κ3) is 5.84. The highest BCUT2D eigenvalue weighted by atomic mass is 32.1. The van der Waals surface area contributed by atoms with E-state index >= 15 is 0 Å². The summed E-state index contributed by atoms with van der Waals surface area (Å²) in [5.74, 6) is -2.14. The molecular weight excluding hydrogens is 439 g/mol. The largest absolute Gasteiger partial charge is 0.462 e. The number of halogens is 3. The van der Waals surface area contributed by atoms with Crippen molar-refractivity contribution < 1.29 is 37.0 Å². The summed E-state index contributed by atoms with van der Waals surface area (Å²) >= 11 is 0.825. The number of carbonyl (C=O) groups excluding carboxylic acids is 3. The molecule has 1 amide bonds. The second-order valence-corrected chi connectivity index (χ2v) is 7.83. The molecule has 2 aromatic rings. The average molecular weight is 461 g/mol. The molecule has 0 bridgehead atoms. The van der Waals surface area contributed by atoms with Crippen LogP contribution < -0.4 is 5.32 Å². The maximum Gasteiger partial charge on any atom is 0.435 e. The number of carbonyl (C=O) groups is 3. The first-order chi connectivity index (χ1) is 14.3. The molecule has 0 aliphatic carbocycles. The van der Waals surface area contributed by atoms with Crippen LogP contribution in [0.25, 0.3) is 0 Å². The molecule has 0 fully saturated rings. The summed E-state index contributed by atoms with van der Waals surface area (Å²) in [6, 6.07) is 0.826. The van der Waals surface area contributed by atoms with Crippen LogP contribution in [0.2, 0.25) is 0 Å². The van der Waals surface area contributed by atoms with Crippen molar-refractivity contribution in [2.45, 2.75) is 53.4 Å². The van der Waals surface area contributed by atoms with Gasteiger partial charge in [0.1, 0.15) is 16.4 Å². The van der Waals surface area contributed by atoms with Gasteiger partial charge in [-0.15, -0.1) is 11.3 Å². The van der Waals surface area contributed by atoms with Crippen LogP contribution in [0, 0.1) is 13.8 Å². The second kappa shape index (κ2) is 9.50. The van der Waals surface area contributed by atoms with Crippen LogP contribution in [0.15, 0.2) is 6.07 Å². The molecule has 0 atom stereocenters. The van der Waals surface area contributed by atoms with Gasteiger partial charge in [0, 0.05) is 5.69 Å². The van der Waals surface area contributed by atoms with E-state index in [0.717, 1.165) is 22.1 Å². The Labute approximate surface area is 180 Å². The summed E-state index contributed by atoms with van der Waals surface area (Å²) in [5, 5.41) is 5.92. The second-order valence-electron chi connectivity index (χ2n) is 6.81. The molecule has 170 valence electrons. The van der Waals surface area contributed by atoms with Crippen molar-refractivity contribution in [3.05, 3.63) is 33.5 Å². The molecule has 0 aliphatic rings. The Kier molecular flexibility index (Phi) is 7.47. The van der Waals surface area contributed by atoms with Gasteiger partial charge < -0.3 is 14.8 Å². The first-order valence-electron chi connectivity index (χ1n) is 9.28. The first-order valence-corrected chi connectivity index (χ1v) is 10.1. The van der Waals surface area contributed by atoms with Gasteiger partial charge in [0.05, 0.1) is 18.3 Å². The molecule has 31 heavy (non-hydrogen) atoms. The van der Waals surface area contributed by atoms with Crippen molar-refractivity contribution in [1.82, 2.24) is 9.78 Å². The Bertz CT molecular complexity index is 995. The van der Waals surface area contributed by atoms with Crippen LogP contribution in [0.1, 0.15) is 57.8 Å². The van der Waals surface area contributed by atoms with Crippen LogP contribution in [0.5, 0.6) is 0 Å². The highest BCUT2D eigenvalue weighted by Gasteiger charge is 2.34. The molecule has 8 nitrogen and oxygen atoms in total. The minimum atomic E-state index is -4.64. The summed E-state index contributed by atoms with van der Waals surface area (Å²) in [7, 11) is 0. The van der Waals surface area contributed by atoms with E-state index < -0.39 is 42.4 Å². The molecule has 0 aromatic carbocycles. The van der Waals surface area contributed by atoms with Gasteiger partial charge in [-0.2, -0.15) is 18.3 Å². The minimum absolute atomic E-state index is 0.0109. The van der Waals surface area contributed by atoms with E-state index in [0.29, 0.717) is 0 Å². The van der Waals surface area contributed by atoms with Gasteiger partial charge in [0.2, 0.25) is 5.91 Å². The third-order valence-corrected chi connectivity index (χ3v) is 5.16. The Hall–Kier alpha value is -2.89. The zero-order chi connectivity index (χ0) is 23.5. The highest BCUT2D eigenvalue weighted by Crippen LogP contribution is 2.35. The fourth-order valence-electron chi connectivity index (χ4n) is 2.62. The molecule has 2 heterocycles. The molecule has 1 N–H and O–H groups in total. The van der Waals surface area contributed by atoms with E-state index in [1.165, 1.54) is 13.8 Å². The number of thiophene rings is 1. The van der Waals surface area contributed by atoms with Crippen LogP contribution in [0.4, 0.5) is 18.2 Å². The normalized spacial score (nSPS) is 11.5. The Balaban J connectivity index is 2.33. The lowest BCUT2D eigenvalue weighted by molar-refractivity contribution is -0.141. The van der Waals surface area contributed by atoms with Crippen LogP contribution in [-0.2, 0) is 27.0 Å². The maximum absolute atomic E-state index is 12.8. The molecule has 0 saturated heterocycles. The van der Waals surface area contributed by atoms with Gasteiger partial charge >= 0.3 is 18.1 Å². The Morgan fingerprint density at radius 2 is 1.87 bits per heavy atom. The average Bonchev–Trinajstić information content (AvgIpc) is 3.14. The monoisotopic (exact) mass is 461 g/mol. The summed E-state index contributed by atoms with van der Waals surface area (Å²) in [5.41, 5.74) is -0.714. The topological polar surface area (TPSA) is 99.5 Å². The lowest BCUT2D eigenvalue weighted by atomic mass is 10.1. The number of alkyl halides is 3. The summed E-state index contributed by atoms with van der Waals surface area (Å²) in [6.45, 7) is 7.40. The van der Waals surface area contributed by atoms with Crippen molar-refractivity contribution in [3.8, 4) is 0 Å². The zero-order valence-electron chi connectivity index (χ0n) is 17.5. The number of ether oxygens (including phenoxy) is 2. The van der Waals surface area contributed by atoms with E-state index in [4.69, 9.17) is 9.47 Å². The molecule has 12 heteroatoms. The molecule has 2 rings (SSSR count). The van der Waals surface area contributed by atoms with Gasteiger partial charge in [-0.05, 0) is 46.2 Å². The van der Waals surface area contributed by atoms with Crippen LogP contribution in [-0.4, -0.2) is 40.3 Å². The fraction of sp³-hybridized carbons (Fsp3) is 0.474. The van der Waals surface area contributed by atoms with Crippen molar-refractivity contribution >= 4 is 34.2 Å². The van der Waals surface area contributed by atoms with Gasteiger partial charge in [-0.25, -0.2) is 9.59 Å². The smallest absolute Gasteiger partial charge is 0.435 e. The summed E-state index contributed by atoms with van der Waals surface area (Å²) < 4.78 is 49.5. The number of aromatic nitrogens is 2. The van der Waals surface area contributed by atoms with E-state index in [9.17, 15) is 27.6 Å². The van der Waals surface area contributed by atoms with Crippen LogP contribution >= 0.6 is 11.3 Å². The standard InChI is InChI=1S/C19H22F3N3O5S/c1-6-29-18(28)15-11(5)14(17(27)30-9(2)3)16(31-15)23-13(26)8-25-10(4)7-12(24-25)19(20,21)22/h7,9H,6,8H2,1-5H3,(H,23,26). The Morgan fingerprint density at radius 1 is 1.23 bits per heavy atom. The number of aryl methyl sites for hydroxylation is 1. The van der Waals surface area contributed by atoms with E-state index in [2.05, 4.69) is 10.4 Å². The molecule has 0 radical (unpaired) electrons. The van der Waals surface area contributed by atoms with Crippen molar-refractivity contribution in [3.63, 3.8) is 0 Å². The molecule has 0 unspecified atom stereocenters. The van der Waals surface area contributed by atoms with E-state index in [-0.39, 0.29) is 33.3 Å². The predicted octanol–water partition coefficient (Wildman–Crippen LogP) is 3.96. The van der Waals surface area contributed by atoms with Crippen LogP contribution in [0.3, 0.4) is 0 Å².